The van der Waals surface area contributed by atoms with Crippen molar-refractivity contribution >= 4 is 33.3 Å². The Morgan fingerprint density at radius 1 is 0.938 bits per heavy atom. The highest BCUT2D eigenvalue weighted by Crippen LogP contribution is 2.30. The third-order valence-corrected chi connectivity index (χ3v) is 5.48. The molecule has 0 bridgehead atoms. The Morgan fingerprint density at radius 3 is 2.50 bits per heavy atom. The zero-order valence-corrected chi connectivity index (χ0v) is 17.0. The van der Waals surface area contributed by atoms with E-state index in [1.54, 1.807) is 43.6 Å². The number of anilines is 1. The molecule has 0 amide bonds. The Bertz CT molecular complexity index is 1590. The third-order valence-electron chi connectivity index (χ3n) is 5.48. The summed E-state index contributed by atoms with van der Waals surface area (Å²) in [7, 11) is 0. The van der Waals surface area contributed by atoms with Gasteiger partial charge >= 0.3 is 0 Å². The highest BCUT2D eigenvalue weighted by molar-refractivity contribution is 6.05. The maximum Gasteiger partial charge on any atom is 0.274 e. The van der Waals surface area contributed by atoms with Gasteiger partial charge in [0.25, 0.3) is 11.2 Å². The largest absolute Gasteiger partial charge is 0.384 e. The summed E-state index contributed by atoms with van der Waals surface area (Å²) in [6.07, 6.45) is 3.38. The van der Waals surface area contributed by atoms with Gasteiger partial charge in [-0.2, -0.15) is 0 Å². The molecule has 8 heteroatoms. The zero-order chi connectivity index (χ0) is 22.4. The first-order valence-corrected chi connectivity index (χ1v) is 9.84. The summed E-state index contributed by atoms with van der Waals surface area (Å²) in [4.78, 5) is 32.7. The Morgan fingerprint density at radius 2 is 1.75 bits per heavy atom. The van der Waals surface area contributed by atoms with Crippen LogP contribution in [0.1, 0.15) is 5.56 Å². The number of nitrogens with zero attached hydrogens (tertiary/aromatic N) is 4. The van der Waals surface area contributed by atoms with Gasteiger partial charge in [0.2, 0.25) is 0 Å². The second-order valence-electron chi connectivity index (χ2n) is 7.50. The Balaban J connectivity index is 1.85. The first-order valence-electron chi connectivity index (χ1n) is 9.84. The number of nitrogen functional groups attached to an aromatic ring is 1. The van der Waals surface area contributed by atoms with Gasteiger partial charge in [-0.3, -0.25) is 24.5 Å². The van der Waals surface area contributed by atoms with E-state index in [-0.39, 0.29) is 11.2 Å². The van der Waals surface area contributed by atoms with E-state index in [0.717, 1.165) is 21.9 Å². The first kappa shape index (κ1) is 19.4. The lowest BCUT2D eigenvalue weighted by atomic mass is 10.0. The number of hydrogen-bond acceptors (Lipinski definition) is 6. The number of nitro benzene ring substituents is 1. The standard InChI is InChI=1S/C24H17N5O3/c1-14-2-6-18(11-21(14)29(31)32)28-23(30)9-5-17-13-26-20-7-3-15(10-19(20)24(17)28)16-4-8-22(25)27-12-16/h2-13H,1H3,(H2,25,27). The van der Waals surface area contributed by atoms with E-state index < -0.39 is 4.92 Å². The maximum absolute atomic E-state index is 13.0. The number of hydrogen-bond donors (Lipinski definition) is 1. The Hall–Kier alpha value is -4.59. The van der Waals surface area contributed by atoms with Gasteiger partial charge in [0.15, 0.2) is 0 Å². The molecule has 0 aliphatic carbocycles. The fourth-order valence-electron chi connectivity index (χ4n) is 3.86. The minimum atomic E-state index is -0.444. The SMILES string of the molecule is Cc1ccc(-n2c(=O)ccc3cnc4ccc(-c5ccc(N)nc5)cc4c32)cc1[N+](=O)[O-]. The van der Waals surface area contributed by atoms with E-state index in [2.05, 4.69) is 9.97 Å². The molecule has 3 aromatic heterocycles. The molecule has 5 aromatic rings. The van der Waals surface area contributed by atoms with Crippen molar-refractivity contribution in [2.24, 2.45) is 0 Å². The molecular weight excluding hydrogens is 406 g/mol. The molecule has 0 radical (unpaired) electrons. The molecule has 0 aliphatic heterocycles. The number of nitrogens with two attached hydrogens (primary N) is 1. The average molecular weight is 423 g/mol. The van der Waals surface area contributed by atoms with Gasteiger partial charge in [-0.15, -0.1) is 0 Å². The van der Waals surface area contributed by atoms with E-state index in [1.165, 1.54) is 16.7 Å². The van der Waals surface area contributed by atoms with Crippen LogP contribution in [0.2, 0.25) is 0 Å². The van der Waals surface area contributed by atoms with Crippen LogP contribution in [-0.2, 0) is 0 Å². The predicted octanol–water partition coefficient (Wildman–Crippen LogP) is 4.40. The van der Waals surface area contributed by atoms with Crippen molar-refractivity contribution in [3.8, 4) is 16.8 Å². The molecule has 32 heavy (non-hydrogen) atoms. The number of pyridine rings is 3. The summed E-state index contributed by atoms with van der Waals surface area (Å²) in [5, 5.41) is 13.0. The van der Waals surface area contributed by atoms with Gasteiger partial charge in [0.1, 0.15) is 5.82 Å². The van der Waals surface area contributed by atoms with Gasteiger partial charge in [-0.05, 0) is 48.9 Å². The topological polar surface area (TPSA) is 117 Å². The zero-order valence-electron chi connectivity index (χ0n) is 17.0. The molecular formula is C24H17N5O3. The molecule has 5 rings (SSSR count). The lowest BCUT2D eigenvalue weighted by Gasteiger charge is -2.14. The van der Waals surface area contributed by atoms with Crippen molar-refractivity contribution in [3.05, 3.63) is 99.1 Å². The quantitative estimate of drug-likeness (QED) is 0.261. The fraction of sp³-hybridized carbons (Fsp3) is 0.0417. The molecule has 8 nitrogen and oxygen atoms in total. The summed E-state index contributed by atoms with van der Waals surface area (Å²) in [6, 6.07) is 17.3. The maximum atomic E-state index is 13.0. The number of rotatable bonds is 3. The third kappa shape index (κ3) is 3.14. The van der Waals surface area contributed by atoms with Crippen LogP contribution in [0, 0.1) is 17.0 Å². The van der Waals surface area contributed by atoms with Crippen molar-refractivity contribution in [2.45, 2.75) is 6.92 Å². The van der Waals surface area contributed by atoms with E-state index in [9.17, 15) is 14.9 Å². The van der Waals surface area contributed by atoms with Crippen LogP contribution in [0.25, 0.3) is 38.6 Å². The van der Waals surface area contributed by atoms with Crippen LogP contribution >= 0.6 is 0 Å². The minimum Gasteiger partial charge on any atom is -0.384 e. The van der Waals surface area contributed by atoms with Gasteiger partial charge in [0, 0.05) is 46.4 Å². The summed E-state index contributed by atoms with van der Waals surface area (Å²) >= 11 is 0. The Kier molecular flexibility index (Phi) is 4.41. The summed E-state index contributed by atoms with van der Waals surface area (Å²) in [6.45, 7) is 1.67. The number of nitro groups is 1. The summed E-state index contributed by atoms with van der Waals surface area (Å²) in [5.41, 5.74) is 9.41. The molecule has 2 aromatic carbocycles. The highest BCUT2D eigenvalue weighted by Gasteiger charge is 2.16. The highest BCUT2D eigenvalue weighted by atomic mass is 16.6. The van der Waals surface area contributed by atoms with Crippen molar-refractivity contribution in [2.75, 3.05) is 5.73 Å². The first-order chi connectivity index (χ1) is 15.4. The molecule has 0 unspecified atom stereocenters. The van der Waals surface area contributed by atoms with E-state index in [1.807, 2.05) is 24.3 Å². The molecule has 3 heterocycles. The van der Waals surface area contributed by atoms with Crippen LogP contribution in [-0.4, -0.2) is 19.5 Å². The van der Waals surface area contributed by atoms with Crippen LogP contribution in [0.4, 0.5) is 11.5 Å². The molecule has 0 fully saturated rings. The van der Waals surface area contributed by atoms with Crippen LogP contribution in [0.15, 0.2) is 77.9 Å². The van der Waals surface area contributed by atoms with Gasteiger partial charge in [-0.1, -0.05) is 12.1 Å². The average Bonchev–Trinajstić information content (AvgIpc) is 2.79. The van der Waals surface area contributed by atoms with Gasteiger partial charge < -0.3 is 5.73 Å². The molecule has 0 aliphatic rings. The van der Waals surface area contributed by atoms with Crippen molar-refractivity contribution in [1.82, 2.24) is 14.5 Å². The lowest BCUT2D eigenvalue weighted by molar-refractivity contribution is -0.385. The minimum absolute atomic E-state index is 0.0431. The molecule has 0 saturated carbocycles. The second kappa shape index (κ2) is 7.28. The molecule has 0 atom stereocenters. The van der Waals surface area contributed by atoms with Crippen molar-refractivity contribution in [1.29, 1.82) is 0 Å². The second-order valence-corrected chi connectivity index (χ2v) is 7.50. The van der Waals surface area contributed by atoms with Crippen LogP contribution in [0.3, 0.4) is 0 Å². The molecule has 0 saturated heterocycles. The van der Waals surface area contributed by atoms with Crippen molar-refractivity contribution in [3.63, 3.8) is 0 Å². The Labute approximate surface area is 181 Å². The normalized spacial score (nSPS) is 11.2. The van der Waals surface area contributed by atoms with Gasteiger partial charge in [0.05, 0.1) is 21.6 Å². The van der Waals surface area contributed by atoms with Crippen LogP contribution in [0.5, 0.6) is 0 Å². The summed E-state index contributed by atoms with van der Waals surface area (Å²) < 4.78 is 1.50. The number of benzene rings is 2. The number of aromatic nitrogens is 3. The molecule has 156 valence electrons. The number of aryl methyl sites for hydroxylation is 1. The van der Waals surface area contributed by atoms with Crippen LogP contribution < -0.4 is 11.3 Å². The summed E-state index contributed by atoms with van der Waals surface area (Å²) in [5.74, 6) is 0.427. The van der Waals surface area contributed by atoms with E-state index in [0.29, 0.717) is 28.1 Å². The van der Waals surface area contributed by atoms with Gasteiger partial charge in [-0.25, -0.2) is 4.98 Å². The van der Waals surface area contributed by atoms with E-state index in [4.69, 9.17) is 5.73 Å². The lowest BCUT2D eigenvalue weighted by Crippen LogP contribution is -2.18. The monoisotopic (exact) mass is 423 g/mol. The van der Waals surface area contributed by atoms with E-state index >= 15 is 0 Å². The molecule has 2 N–H and O–H groups in total. The smallest absolute Gasteiger partial charge is 0.274 e. The van der Waals surface area contributed by atoms with Crippen molar-refractivity contribution < 1.29 is 4.92 Å². The molecule has 0 spiro atoms. The number of fused-ring (bicyclic) bond motifs is 3. The fourth-order valence-corrected chi connectivity index (χ4v) is 3.86. The predicted molar refractivity (Wildman–Crippen MR) is 124 cm³/mol.